The first-order valence-electron chi connectivity index (χ1n) is 6.71. The second-order valence-electron chi connectivity index (χ2n) is 5.19. The van der Waals surface area contributed by atoms with Crippen LogP contribution in [0.25, 0.3) is 0 Å². The molecule has 1 aliphatic heterocycles. The minimum atomic E-state index is 0.0667. The molecule has 1 aromatic rings. The lowest BCUT2D eigenvalue weighted by atomic mass is 10.1. The number of hydrogen-bond donors (Lipinski definition) is 2. The fourth-order valence-electron chi connectivity index (χ4n) is 2.74. The van der Waals surface area contributed by atoms with Crippen LogP contribution in [0.4, 0.5) is 5.82 Å². The third kappa shape index (κ3) is 2.89. The van der Waals surface area contributed by atoms with Crippen molar-refractivity contribution in [2.75, 3.05) is 25.1 Å². The lowest BCUT2D eigenvalue weighted by Gasteiger charge is -2.29. The number of amidine groups is 1. The van der Waals surface area contributed by atoms with E-state index in [-0.39, 0.29) is 11.9 Å². The van der Waals surface area contributed by atoms with Gasteiger partial charge in [-0.05, 0) is 26.2 Å². The molecule has 1 fully saturated rings. The van der Waals surface area contributed by atoms with Gasteiger partial charge in [-0.1, -0.05) is 0 Å². The van der Waals surface area contributed by atoms with Gasteiger partial charge in [0.2, 0.25) is 0 Å². The summed E-state index contributed by atoms with van der Waals surface area (Å²) >= 11 is 0. The van der Waals surface area contributed by atoms with Crippen molar-refractivity contribution in [2.24, 2.45) is 12.8 Å². The molecule has 1 unspecified atom stereocenters. The minimum Gasteiger partial charge on any atom is -0.384 e. The Hall–Kier alpha value is -1.56. The summed E-state index contributed by atoms with van der Waals surface area (Å²) in [5, 5.41) is 12.1. The summed E-state index contributed by atoms with van der Waals surface area (Å²) in [7, 11) is 3.88. The predicted octanol–water partition coefficient (Wildman–Crippen LogP) is 1.02. The molecule has 1 saturated heterocycles. The minimum absolute atomic E-state index is 0.0667. The molecule has 0 amide bonds. The Morgan fingerprint density at radius 1 is 1.58 bits per heavy atom. The molecule has 1 aromatic heterocycles. The molecule has 106 valence electrons. The molecular formula is C13H23N5O. The second kappa shape index (κ2) is 5.61. The van der Waals surface area contributed by atoms with Crippen molar-refractivity contribution < 1.29 is 4.74 Å². The number of nitrogens with one attached hydrogen (secondary N) is 1. The highest BCUT2D eigenvalue weighted by molar-refractivity contribution is 6.00. The first-order valence-corrected chi connectivity index (χ1v) is 6.71. The van der Waals surface area contributed by atoms with Crippen molar-refractivity contribution in [3.8, 4) is 0 Å². The lowest BCUT2D eigenvalue weighted by Crippen LogP contribution is -2.35. The van der Waals surface area contributed by atoms with Gasteiger partial charge in [-0.15, -0.1) is 0 Å². The van der Waals surface area contributed by atoms with Crippen LogP contribution in [0.1, 0.15) is 30.5 Å². The fraction of sp³-hybridized carbons (Fsp3) is 0.692. The number of aromatic nitrogens is 2. The predicted molar refractivity (Wildman–Crippen MR) is 75.8 cm³/mol. The summed E-state index contributed by atoms with van der Waals surface area (Å²) < 4.78 is 7.55. The van der Waals surface area contributed by atoms with Crippen LogP contribution in [-0.2, 0) is 11.8 Å². The molecule has 2 rings (SSSR count). The van der Waals surface area contributed by atoms with Gasteiger partial charge >= 0.3 is 0 Å². The molecule has 0 spiro atoms. The van der Waals surface area contributed by atoms with Crippen molar-refractivity contribution in [1.82, 2.24) is 9.78 Å². The SMILES string of the molecule is Cc1nn(C)c(N(C)CC2CCCCO2)c1C(=N)N. The topological polar surface area (TPSA) is 80.2 Å². The van der Waals surface area contributed by atoms with Gasteiger partial charge in [-0.2, -0.15) is 5.10 Å². The molecular weight excluding hydrogens is 242 g/mol. The molecule has 19 heavy (non-hydrogen) atoms. The fourth-order valence-corrected chi connectivity index (χ4v) is 2.74. The molecule has 0 aliphatic carbocycles. The average Bonchev–Trinajstić information content (AvgIpc) is 2.65. The Kier molecular flexibility index (Phi) is 4.09. The number of nitrogen functional groups attached to an aromatic ring is 1. The van der Waals surface area contributed by atoms with E-state index in [1.807, 2.05) is 21.0 Å². The van der Waals surface area contributed by atoms with E-state index in [0.29, 0.717) is 0 Å². The summed E-state index contributed by atoms with van der Waals surface area (Å²) in [6.45, 7) is 3.53. The zero-order chi connectivity index (χ0) is 14.0. The van der Waals surface area contributed by atoms with E-state index >= 15 is 0 Å². The standard InChI is InChI=1S/C13H23N5O/c1-9-11(12(14)15)13(18(3)16-9)17(2)8-10-6-4-5-7-19-10/h10H,4-8H2,1-3H3,(H3,14,15). The number of nitrogens with two attached hydrogens (primary N) is 1. The van der Waals surface area contributed by atoms with E-state index in [1.54, 1.807) is 4.68 Å². The van der Waals surface area contributed by atoms with E-state index in [2.05, 4.69) is 10.00 Å². The number of aryl methyl sites for hydroxylation is 2. The van der Waals surface area contributed by atoms with Gasteiger partial charge < -0.3 is 15.4 Å². The van der Waals surface area contributed by atoms with E-state index < -0.39 is 0 Å². The zero-order valence-electron chi connectivity index (χ0n) is 11.9. The number of anilines is 1. The molecule has 2 heterocycles. The summed E-state index contributed by atoms with van der Waals surface area (Å²) in [6, 6.07) is 0. The smallest absolute Gasteiger partial charge is 0.137 e. The third-order valence-corrected chi connectivity index (χ3v) is 3.57. The van der Waals surface area contributed by atoms with Crippen LogP contribution in [-0.4, -0.2) is 41.9 Å². The first-order chi connectivity index (χ1) is 9.00. The summed E-state index contributed by atoms with van der Waals surface area (Å²) in [6.07, 6.45) is 3.73. The third-order valence-electron chi connectivity index (χ3n) is 3.57. The van der Waals surface area contributed by atoms with E-state index in [0.717, 1.165) is 43.1 Å². The Labute approximate surface area is 114 Å². The van der Waals surface area contributed by atoms with E-state index in [4.69, 9.17) is 15.9 Å². The Bertz CT molecular complexity index is 462. The van der Waals surface area contributed by atoms with Crippen LogP contribution >= 0.6 is 0 Å². The van der Waals surface area contributed by atoms with Crippen LogP contribution in [0.15, 0.2) is 0 Å². The molecule has 0 saturated carbocycles. The first kappa shape index (κ1) is 13.9. The molecule has 3 N–H and O–H groups in total. The van der Waals surface area contributed by atoms with Crippen LogP contribution in [0.2, 0.25) is 0 Å². The van der Waals surface area contributed by atoms with E-state index in [9.17, 15) is 0 Å². The number of rotatable bonds is 4. The number of likely N-dealkylation sites (N-methyl/N-ethyl adjacent to an activating group) is 1. The maximum Gasteiger partial charge on any atom is 0.137 e. The quantitative estimate of drug-likeness (QED) is 0.629. The van der Waals surface area contributed by atoms with Crippen molar-refractivity contribution in [3.63, 3.8) is 0 Å². The Morgan fingerprint density at radius 2 is 2.32 bits per heavy atom. The van der Waals surface area contributed by atoms with Crippen molar-refractivity contribution >= 4 is 11.7 Å². The van der Waals surface area contributed by atoms with Gasteiger partial charge in [-0.25, -0.2) is 0 Å². The summed E-state index contributed by atoms with van der Waals surface area (Å²) in [4.78, 5) is 2.09. The molecule has 1 aliphatic rings. The molecule has 0 radical (unpaired) electrons. The Morgan fingerprint density at radius 3 is 2.89 bits per heavy atom. The van der Waals surface area contributed by atoms with Gasteiger partial charge in [-0.3, -0.25) is 10.1 Å². The zero-order valence-corrected chi connectivity index (χ0v) is 11.9. The average molecular weight is 265 g/mol. The molecule has 0 aromatic carbocycles. The normalized spacial score (nSPS) is 19.4. The summed E-state index contributed by atoms with van der Waals surface area (Å²) in [5.74, 6) is 0.955. The van der Waals surface area contributed by atoms with Gasteiger partial charge in [0.25, 0.3) is 0 Å². The van der Waals surface area contributed by atoms with Crippen molar-refractivity contribution in [3.05, 3.63) is 11.3 Å². The Balaban J connectivity index is 2.18. The summed E-state index contributed by atoms with van der Waals surface area (Å²) in [5.41, 5.74) is 7.19. The van der Waals surface area contributed by atoms with E-state index in [1.165, 1.54) is 6.42 Å². The van der Waals surface area contributed by atoms with Gasteiger partial charge in [0, 0.05) is 27.2 Å². The van der Waals surface area contributed by atoms with Crippen molar-refractivity contribution in [2.45, 2.75) is 32.3 Å². The van der Waals surface area contributed by atoms with Gasteiger partial charge in [0.15, 0.2) is 0 Å². The maximum absolute atomic E-state index is 7.71. The number of ether oxygens (including phenoxy) is 1. The molecule has 0 bridgehead atoms. The monoisotopic (exact) mass is 265 g/mol. The van der Waals surface area contributed by atoms with Crippen molar-refractivity contribution in [1.29, 1.82) is 5.41 Å². The highest BCUT2D eigenvalue weighted by Crippen LogP contribution is 2.23. The highest BCUT2D eigenvalue weighted by atomic mass is 16.5. The maximum atomic E-state index is 7.71. The van der Waals surface area contributed by atoms with Crippen LogP contribution < -0.4 is 10.6 Å². The number of hydrogen-bond acceptors (Lipinski definition) is 4. The van der Waals surface area contributed by atoms with Crippen LogP contribution in [0.5, 0.6) is 0 Å². The molecule has 6 heteroatoms. The second-order valence-corrected chi connectivity index (χ2v) is 5.19. The van der Waals surface area contributed by atoms with Gasteiger partial charge in [0.1, 0.15) is 11.7 Å². The largest absolute Gasteiger partial charge is 0.384 e. The van der Waals surface area contributed by atoms with Crippen LogP contribution in [0, 0.1) is 12.3 Å². The number of nitrogens with zero attached hydrogens (tertiary/aromatic N) is 3. The molecule has 6 nitrogen and oxygen atoms in total. The highest BCUT2D eigenvalue weighted by Gasteiger charge is 2.22. The molecule has 1 atom stereocenters. The lowest BCUT2D eigenvalue weighted by molar-refractivity contribution is 0.0214. The van der Waals surface area contributed by atoms with Crippen LogP contribution in [0.3, 0.4) is 0 Å². The van der Waals surface area contributed by atoms with Gasteiger partial charge in [0.05, 0.1) is 17.4 Å².